The maximum absolute atomic E-state index is 14.1. The number of unbranched alkanes of at least 4 members (excludes halogenated alkanes) is 3. The van der Waals surface area contributed by atoms with Crippen molar-refractivity contribution in [1.82, 2.24) is 9.97 Å². The zero-order valence-electron chi connectivity index (χ0n) is 66.5. The summed E-state index contributed by atoms with van der Waals surface area (Å²) in [5.74, 6) is -3.81. The number of Topliss-reactive ketones (excluding diaryl/α,β-unsaturated/α-hetero) is 3. The number of thiazole rings is 2. The van der Waals surface area contributed by atoms with Crippen molar-refractivity contribution in [1.29, 1.82) is 0 Å². The molecule has 0 fully saturated rings. The van der Waals surface area contributed by atoms with Crippen molar-refractivity contribution in [2.45, 2.75) is 317 Å². The van der Waals surface area contributed by atoms with Crippen LogP contribution in [0.1, 0.15) is 258 Å². The second-order valence-electron chi connectivity index (χ2n) is 33.5. The standard InChI is InChI=1S/C34H55NO4SSi.C29H50O5Si.C17H33ClNPS/c1-22-15-14-16-23(2)31(39-41(12,13)33(7,8)9)26(5)32(37)34(10,11)25(4)20-30(36)38-29(18-17-22)24(3)19-28-21-40-27(6)35-28;1-19-14-13-15-20(2)26(34-35(11,12)28(6,7)8)22(4)27(32)29(9,10)21(3)18-25(31)33-24(17-16-19)23(5)30;1-5-8-11-20(18,12-9-6-2,13-10-7-3)14-17-15-21-16(4)19-17/h14,16-17,19,21,23,25-26,29,31H,15,18,20H2,1-13H3;13,15-16,20-22,24,26H,14,17-18H2,1-12H3;15H,5-14H2,1-4H3/b16-14+,22-17-,24-19+;15-13+,19-16-;/t23-,25-,26+,29-,31-;20-,21-,22+,24-,26-;/m00./s1. The van der Waals surface area contributed by atoms with E-state index < -0.39 is 45.5 Å². The molecule has 4 heterocycles. The molecule has 10 atom stereocenters. The Hall–Kier alpha value is -3.02. The van der Waals surface area contributed by atoms with Crippen LogP contribution in [0, 0.1) is 60.2 Å². The Balaban J connectivity index is 0.000000520. The van der Waals surface area contributed by atoms with E-state index in [0.717, 1.165) is 40.9 Å². The number of cyclic esters (lactones) is 2. The van der Waals surface area contributed by atoms with Gasteiger partial charge in [0.15, 0.2) is 28.5 Å². The van der Waals surface area contributed by atoms with Crippen molar-refractivity contribution in [3.05, 3.63) is 85.3 Å². The summed E-state index contributed by atoms with van der Waals surface area (Å²) in [6.45, 7) is 60.7. The minimum absolute atomic E-state index is 0.0214. The molecule has 2 aliphatic rings. The van der Waals surface area contributed by atoms with Gasteiger partial charge in [-0.25, -0.2) is 4.98 Å². The molecule has 2 aliphatic heterocycles. The average Bonchev–Trinajstić information content (AvgIpc) is 1.47. The number of allylic oxidation sites excluding steroid dienone is 4. The van der Waals surface area contributed by atoms with Crippen LogP contribution < -0.4 is 0 Å². The van der Waals surface area contributed by atoms with Crippen LogP contribution in [-0.4, -0.2) is 98.8 Å². The van der Waals surface area contributed by atoms with Gasteiger partial charge in [0, 0.05) is 53.7 Å². The van der Waals surface area contributed by atoms with Crippen molar-refractivity contribution < 1.29 is 42.3 Å². The Labute approximate surface area is 607 Å². The van der Waals surface area contributed by atoms with Gasteiger partial charge < -0.3 is 18.3 Å². The van der Waals surface area contributed by atoms with E-state index in [1.807, 2.05) is 93.7 Å². The van der Waals surface area contributed by atoms with Crippen LogP contribution >= 0.6 is 39.9 Å². The van der Waals surface area contributed by atoms with Gasteiger partial charge in [0.2, 0.25) is 0 Å². The number of ketones is 3. The quantitative estimate of drug-likeness (QED) is 0.0608. The molecule has 0 N–H and O–H groups in total. The van der Waals surface area contributed by atoms with Gasteiger partial charge >= 0.3 is 152 Å². The predicted molar refractivity (Wildman–Crippen MR) is 424 cm³/mol. The number of carbonyl (C=O) groups is 5. The Morgan fingerprint density at radius 2 is 1.00 bits per heavy atom. The molecule has 97 heavy (non-hydrogen) atoms. The average molecular weight is 1460 g/mol. The van der Waals surface area contributed by atoms with Crippen LogP contribution in [0.25, 0.3) is 6.08 Å². The Kier molecular flexibility index (Phi) is 36.2. The van der Waals surface area contributed by atoms with Gasteiger partial charge in [0.1, 0.15) is 17.7 Å². The van der Waals surface area contributed by atoms with Gasteiger partial charge in [-0.15, -0.1) is 11.3 Å². The molecule has 2 aromatic rings. The normalized spacial score (nSPS) is 27.4. The van der Waals surface area contributed by atoms with Crippen molar-refractivity contribution in [2.24, 2.45) is 46.3 Å². The van der Waals surface area contributed by atoms with Gasteiger partial charge in [0.25, 0.3) is 0 Å². The number of aryl methyl sites for hydroxylation is 2. The first-order valence-corrected chi connectivity index (χ1v) is 48.2. The zero-order chi connectivity index (χ0) is 74.5. The zero-order valence-corrected chi connectivity index (χ0v) is 71.8. The maximum atomic E-state index is 14.1. The Morgan fingerprint density at radius 3 is 1.34 bits per heavy atom. The van der Waals surface area contributed by atoms with E-state index in [-0.39, 0.29) is 100 Å². The first-order valence-electron chi connectivity index (χ1n) is 36.7. The van der Waals surface area contributed by atoms with E-state index in [0.29, 0.717) is 12.8 Å². The summed E-state index contributed by atoms with van der Waals surface area (Å²) in [6.07, 6.45) is 28.3. The first kappa shape index (κ1) is 90.1. The van der Waals surface area contributed by atoms with E-state index in [4.69, 9.17) is 34.6 Å². The number of aromatic nitrogens is 2. The number of hydrogen-bond acceptors (Lipinski definition) is 13. The van der Waals surface area contributed by atoms with Gasteiger partial charge in [-0.1, -0.05) is 158 Å². The summed E-state index contributed by atoms with van der Waals surface area (Å²) in [5, 5.41) is 6.48. The number of ether oxygens (including phenoxy) is 2. The van der Waals surface area contributed by atoms with Gasteiger partial charge in [0.05, 0.1) is 22.9 Å². The monoisotopic (exact) mass is 1460 g/mol. The van der Waals surface area contributed by atoms with E-state index in [2.05, 4.69) is 157 Å². The van der Waals surface area contributed by atoms with Crippen LogP contribution in [0.15, 0.2) is 63.9 Å². The molecule has 0 spiro atoms. The van der Waals surface area contributed by atoms with Crippen LogP contribution in [0.3, 0.4) is 0 Å². The second-order valence-corrected chi connectivity index (χ2v) is 53.3. The molecule has 0 radical (unpaired) electrons. The topological polar surface area (TPSA) is 148 Å². The molecule has 4 rings (SSSR count). The molecule has 0 saturated carbocycles. The molecule has 2 aromatic heterocycles. The predicted octanol–water partition coefficient (Wildman–Crippen LogP) is 23.5. The van der Waals surface area contributed by atoms with Crippen molar-refractivity contribution >= 4 is 91.9 Å². The van der Waals surface area contributed by atoms with E-state index in [1.165, 1.54) is 80.2 Å². The molecule has 17 heteroatoms. The van der Waals surface area contributed by atoms with Crippen molar-refractivity contribution in [2.75, 3.05) is 18.5 Å². The second kappa shape index (κ2) is 39.0. The molecule has 0 saturated heterocycles. The summed E-state index contributed by atoms with van der Waals surface area (Å²) < 4.78 is 25.5. The fourth-order valence-electron chi connectivity index (χ4n) is 12.2. The summed E-state index contributed by atoms with van der Waals surface area (Å²) >= 11 is 10.9. The molecule has 0 bridgehead atoms. The summed E-state index contributed by atoms with van der Waals surface area (Å²) in [6, 6.07) is 0. The molecule has 554 valence electrons. The molecule has 0 aromatic carbocycles. The third-order valence-corrected chi connectivity index (χ3v) is 39.9. The molecular formula is C80H138ClN2O9PS2Si2. The number of halogens is 1. The Bertz CT molecular complexity index is 2990. The summed E-state index contributed by atoms with van der Waals surface area (Å²) in [4.78, 5) is 75.4. The third kappa shape index (κ3) is 28.3. The van der Waals surface area contributed by atoms with Crippen LogP contribution in [0.2, 0.25) is 36.3 Å². The molecular weight excluding hydrogens is 1320 g/mol. The molecule has 0 unspecified atom stereocenters. The molecule has 11 nitrogen and oxygen atoms in total. The molecule has 0 amide bonds. The Morgan fingerprint density at radius 1 is 0.629 bits per heavy atom. The number of rotatable bonds is 18. The summed E-state index contributed by atoms with van der Waals surface area (Å²) in [5.41, 5.74) is 3.94. The van der Waals surface area contributed by atoms with Gasteiger partial charge in [-0.2, -0.15) is 0 Å². The third-order valence-electron chi connectivity index (χ3n) is 22.1. The first-order chi connectivity index (χ1) is 44.5. The van der Waals surface area contributed by atoms with Crippen molar-refractivity contribution in [3.63, 3.8) is 0 Å². The number of esters is 2. The van der Waals surface area contributed by atoms with Crippen LogP contribution in [-0.2, 0) is 48.5 Å². The van der Waals surface area contributed by atoms with E-state index in [1.54, 1.807) is 22.7 Å². The van der Waals surface area contributed by atoms with E-state index in [9.17, 15) is 24.0 Å². The summed E-state index contributed by atoms with van der Waals surface area (Å²) in [7, 11) is -4.28. The fraction of sp³-hybridized carbons (Fsp3) is 0.738. The van der Waals surface area contributed by atoms with Crippen molar-refractivity contribution in [3.8, 4) is 0 Å². The van der Waals surface area contributed by atoms with E-state index >= 15 is 0 Å². The fourth-order valence-corrected chi connectivity index (χ4v) is 23.3. The molecule has 0 aliphatic carbocycles. The van der Waals surface area contributed by atoms with Gasteiger partial charge in [-0.05, 0) is 119 Å². The van der Waals surface area contributed by atoms with Crippen LogP contribution in [0.5, 0.6) is 0 Å². The SMILES string of the molecule is C/C1=C/C[C@@H](/C(C)=C/c2csc(C)n2)OC(=O)C[C@H](C)C(C)(C)C(=O)[C@H](C)[C@@H](O[Si](C)(C)C(C)(C)C)[C@@H](C)/C=C/C1.CC(=O)[C@@H]1C/C=C(/C)C/C=C/[C@H](C)[C@H](O[Si](C)(C)C(C)(C)C)[C@@H](C)C(=O)C(C)(C)[C@@H](C)CC(=O)O1.CCCCP(Cl)(CCCC)(CCCC)Cc1csc(C)n1. The van der Waals surface area contributed by atoms with Crippen LogP contribution in [0.4, 0.5) is 0 Å². The van der Waals surface area contributed by atoms with Gasteiger partial charge in [-0.3, -0.25) is 24.0 Å². The minimum atomic E-state index is -2.16. The number of carbonyl (C=O) groups excluding carboxylic acids is 5. The number of nitrogens with zero attached hydrogens (tertiary/aromatic N) is 2. The number of hydrogen-bond donors (Lipinski definition) is 0.